The molecule has 7 heteroatoms. The molecular weight excluding hydrogens is 445 g/mol. The monoisotopic (exact) mass is 475 g/mol. The summed E-state index contributed by atoms with van der Waals surface area (Å²) in [5.74, 6) is 0.809. The number of piperidine rings is 1. The van der Waals surface area contributed by atoms with E-state index in [1.165, 1.54) is 12.7 Å². The van der Waals surface area contributed by atoms with E-state index in [1.54, 1.807) is 0 Å². The van der Waals surface area contributed by atoms with Gasteiger partial charge in [0.2, 0.25) is 0 Å². The van der Waals surface area contributed by atoms with Gasteiger partial charge >= 0.3 is 5.97 Å². The van der Waals surface area contributed by atoms with E-state index in [9.17, 15) is 4.79 Å². The first kappa shape index (κ1) is 22.7. The molecule has 1 aromatic rings. The van der Waals surface area contributed by atoms with Gasteiger partial charge in [0, 0.05) is 19.6 Å². The largest absolute Gasteiger partial charge is 0.469 e. The van der Waals surface area contributed by atoms with Crippen LogP contribution in [0.2, 0.25) is 0 Å². The highest BCUT2D eigenvalue weighted by Crippen LogP contribution is 2.18. The van der Waals surface area contributed by atoms with Crippen LogP contribution >= 0.6 is 24.0 Å². The maximum absolute atomic E-state index is 11.6. The SMILES string of the molecule is CCNC(=NCCOCc1ccccc1)N1CCC(C(=O)OC)CC1.I. The summed E-state index contributed by atoms with van der Waals surface area (Å²) in [6.45, 7) is 6.32. The maximum atomic E-state index is 11.6. The van der Waals surface area contributed by atoms with Crippen LogP contribution in [0.4, 0.5) is 0 Å². The quantitative estimate of drug-likeness (QED) is 0.216. The van der Waals surface area contributed by atoms with E-state index in [0.29, 0.717) is 19.8 Å². The summed E-state index contributed by atoms with van der Waals surface area (Å²) in [7, 11) is 1.45. The zero-order chi connectivity index (χ0) is 17.9. The standard InChI is InChI=1S/C19H29N3O3.HI/c1-3-20-19(22-12-9-17(10-13-22)18(23)24-2)21-11-14-25-15-16-7-5-4-6-8-16;/h4-8,17H,3,9-15H2,1-2H3,(H,20,21);1H. The Morgan fingerprint density at radius 3 is 2.58 bits per heavy atom. The lowest BCUT2D eigenvalue weighted by atomic mass is 9.97. The smallest absolute Gasteiger partial charge is 0.308 e. The number of aliphatic imine (C=N–C) groups is 1. The number of guanidine groups is 1. The van der Waals surface area contributed by atoms with Crippen molar-refractivity contribution in [3.8, 4) is 0 Å². The molecule has 1 saturated heterocycles. The summed E-state index contributed by atoms with van der Waals surface area (Å²) in [4.78, 5) is 18.5. The van der Waals surface area contributed by atoms with Crippen LogP contribution in [0.5, 0.6) is 0 Å². The highest BCUT2D eigenvalue weighted by atomic mass is 127. The van der Waals surface area contributed by atoms with Gasteiger partial charge in [-0.1, -0.05) is 30.3 Å². The molecule has 0 amide bonds. The second kappa shape index (κ2) is 12.9. The first-order valence-electron chi connectivity index (χ1n) is 8.97. The van der Waals surface area contributed by atoms with Gasteiger partial charge in [-0.25, -0.2) is 0 Å². The predicted molar refractivity (Wildman–Crippen MR) is 114 cm³/mol. The number of hydrogen-bond donors (Lipinski definition) is 1. The average molecular weight is 475 g/mol. The molecule has 0 atom stereocenters. The summed E-state index contributed by atoms with van der Waals surface area (Å²) in [5.41, 5.74) is 1.17. The Morgan fingerprint density at radius 2 is 1.96 bits per heavy atom. The van der Waals surface area contributed by atoms with Gasteiger partial charge in [0.25, 0.3) is 0 Å². The Hall–Kier alpha value is -1.35. The van der Waals surface area contributed by atoms with E-state index in [2.05, 4.69) is 34.3 Å². The number of likely N-dealkylation sites (tertiary alicyclic amines) is 1. The molecule has 1 N–H and O–H groups in total. The third-order valence-corrected chi connectivity index (χ3v) is 4.27. The van der Waals surface area contributed by atoms with Crippen molar-refractivity contribution < 1.29 is 14.3 Å². The first-order chi connectivity index (χ1) is 12.2. The number of nitrogens with one attached hydrogen (secondary N) is 1. The number of ether oxygens (including phenoxy) is 2. The van der Waals surface area contributed by atoms with Gasteiger partial charge in [0.1, 0.15) is 0 Å². The second-order valence-electron chi connectivity index (χ2n) is 6.06. The number of nitrogens with zero attached hydrogens (tertiary/aromatic N) is 2. The number of carbonyl (C=O) groups is 1. The summed E-state index contributed by atoms with van der Waals surface area (Å²) in [6.07, 6.45) is 1.61. The van der Waals surface area contributed by atoms with Crippen LogP contribution in [0.25, 0.3) is 0 Å². The Kier molecular flexibility index (Phi) is 11.3. The summed E-state index contributed by atoms with van der Waals surface area (Å²) >= 11 is 0. The van der Waals surface area contributed by atoms with Crippen molar-refractivity contribution in [2.75, 3.05) is 39.9 Å². The van der Waals surface area contributed by atoms with Crippen molar-refractivity contribution >= 4 is 35.9 Å². The number of hydrogen-bond acceptors (Lipinski definition) is 4. The van der Waals surface area contributed by atoms with E-state index in [4.69, 9.17) is 9.47 Å². The molecule has 0 unspecified atom stereocenters. The number of carbonyl (C=O) groups excluding carboxylic acids is 1. The highest BCUT2D eigenvalue weighted by molar-refractivity contribution is 14.0. The minimum atomic E-state index is -0.101. The Balaban J connectivity index is 0.00000338. The van der Waals surface area contributed by atoms with Crippen molar-refractivity contribution in [3.05, 3.63) is 35.9 Å². The molecule has 0 aliphatic carbocycles. The summed E-state index contributed by atoms with van der Waals surface area (Å²) < 4.78 is 10.5. The third kappa shape index (κ3) is 7.49. The van der Waals surface area contributed by atoms with E-state index in [-0.39, 0.29) is 35.9 Å². The Morgan fingerprint density at radius 1 is 1.27 bits per heavy atom. The molecule has 6 nitrogen and oxygen atoms in total. The summed E-state index contributed by atoms with van der Waals surface area (Å²) in [5, 5.41) is 3.32. The lowest BCUT2D eigenvalue weighted by Crippen LogP contribution is -2.46. The molecular formula is C19H30IN3O3. The average Bonchev–Trinajstić information content (AvgIpc) is 2.67. The molecule has 1 aromatic carbocycles. The predicted octanol–water partition coefficient (Wildman–Crippen LogP) is 2.67. The molecule has 1 aliphatic rings. The van der Waals surface area contributed by atoms with Gasteiger partial charge in [-0.05, 0) is 25.3 Å². The van der Waals surface area contributed by atoms with Gasteiger partial charge in [0.05, 0.1) is 32.8 Å². The molecule has 146 valence electrons. The minimum Gasteiger partial charge on any atom is -0.469 e. The number of esters is 1. The van der Waals surface area contributed by atoms with E-state index in [0.717, 1.165) is 38.4 Å². The lowest BCUT2D eigenvalue weighted by molar-refractivity contribution is -0.146. The van der Waals surface area contributed by atoms with E-state index in [1.807, 2.05) is 18.2 Å². The zero-order valence-corrected chi connectivity index (χ0v) is 18.0. The van der Waals surface area contributed by atoms with Gasteiger partial charge in [-0.2, -0.15) is 0 Å². The fourth-order valence-electron chi connectivity index (χ4n) is 2.90. The zero-order valence-electron chi connectivity index (χ0n) is 15.6. The van der Waals surface area contributed by atoms with Crippen LogP contribution in [-0.4, -0.2) is 56.7 Å². The second-order valence-corrected chi connectivity index (χ2v) is 6.06. The van der Waals surface area contributed by atoms with Gasteiger partial charge < -0.3 is 19.7 Å². The number of halogens is 1. The van der Waals surface area contributed by atoms with Crippen LogP contribution < -0.4 is 5.32 Å². The van der Waals surface area contributed by atoms with Crippen LogP contribution in [-0.2, 0) is 20.9 Å². The first-order valence-corrected chi connectivity index (χ1v) is 8.97. The van der Waals surface area contributed by atoms with Crippen LogP contribution in [0.15, 0.2) is 35.3 Å². The van der Waals surface area contributed by atoms with Crippen molar-refractivity contribution in [1.82, 2.24) is 10.2 Å². The molecule has 26 heavy (non-hydrogen) atoms. The third-order valence-electron chi connectivity index (χ3n) is 4.27. The fourth-order valence-corrected chi connectivity index (χ4v) is 2.90. The van der Waals surface area contributed by atoms with Crippen molar-refractivity contribution in [1.29, 1.82) is 0 Å². The number of benzene rings is 1. The van der Waals surface area contributed by atoms with Crippen molar-refractivity contribution in [3.63, 3.8) is 0 Å². The molecule has 0 spiro atoms. The molecule has 0 aromatic heterocycles. The molecule has 0 saturated carbocycles. The number of rotatable bonds is 7. The normalized spacial score (nSPS) is 15.3. The fraction of sp³-hybridized carbons (Fsp3) is 0.579. The number of methoxy groups -OCH3 is 1. The Bertz CT molecular complexity index is 546. The minimum absolute atomic E-state index is 0. The van der Waals surface area contributed by atoms with Crippen LogP contribution in [0.1, 0.15) is 25.3 Å². The maximum Gasteiger partial charge on any atom is 0.308 e. The van der Waals surface area contributed by atoms with Crippen molar-refractivity contribution in [2.45, 2.75) is 26.4 Å². The Labute approximate surface area is 173 Å². The molecule has 0 radical (unpaired) electrons. The molecule has 1 aliphatic heterocycles. The van der Waals surface area contributed by atoms with E-state index < -0.39 is 0 Å². The molecule has 1 fully saturated rings. The van der Waals surface area contributed by atoms with Crippen LogP contribution in [0, 0.1) is 5.92 Å². The molecule has 2 rings (SSSR count). The summed E-state index contributed by atoms with van der Waals surface area (Å²) in [6, 6.07) is 10.1. The van der Waals surface area contributed by atoms with Gasteiger partial charge in [0.15, 0.2) is 5.96 Å². The van der Waals surface area contributed by atoms with Gasteiger partial charge in [-0.3, -0.25) is 9.79 Å². The molecule has 0 bridgehead atoms. The molecule has 1 heterocycles. The van der Waals surface area contributed by atoms with Crippen LogP contribution in [0.3, 0.4) is 0 Å². The highest BCUT2D eigenvalue weighted by Gasteiger charge is 2.26. The topological polar surface area (TPSA) is 63.2 Å². The van der Waals surface area contributed by atoms with Crippen molar-refractivity contribution in [2.24, 2.45) is 10.9 Å². The lowest BCUT2D eigenvalue weighted by Gasteiger charge is -2.33. The van der Waals surface area contributed by atoms with Gasteiger partial charge in [-0.15, -0.1) is 24.0 Å². The van der Waals surface area contributed by atoms with E-state index >= 15 is 0 Å².